The van der Waals surface area contributed by atoms with Crippen molar-refractivity contribution in [1.29, 1.82) is 0 Å². The number of nitrogens with zero attached hydrogens (tertiary/aromatic N) is 3. The number of hydrogen-bond acceptors (Lipinski definition) is 6. The van der Waals surface area contributed by atoms with E-state index in [1.807, 2.05) is 0 Å². The lowest BCUT2D eigenvalue weighted by molar-refractivity contribution is -0.205. The maximum Gasteiger partial charge on any atom is 0.0993 e. The highest BCUT2D eigenvalue weighted by molar-refractivity contribution is 5.07. The van der Waals surface area contributed by atoms with Gasteiger partial charge in [0.1, 0.15) is 0 Å². The SMILES string of the molecule is CCCN(CCC)CC(N(CCC)CCC)(N(CCC)CCC)C(CO)(CO)CO. The lowest BCUT2D eigenvalue weighted by Crippen LogP contribution is -2.76. The second kappa shape index (κ2) is 16.4. The van der Waals surface area contributed by atoms with Gasteiger partial charge >= 0.3 is 0 Å². The highest BCUT2D eigenvalue weighted by atomic mass is 16.3. The molecule has 0 saturated carbocycles. The molecule has 30 heavy (non-hydrogen) atoms. The third-order valence-corrected chi connectivity index (χ3v) is 6.30. The normalized spacial score (nSPS) is 13.2. The van der Waals surface area contributed by atoms with Crippen molar-refractivity contribution in [3.05, 3.63) is 0 Å². The second-order valence-corrected chi connectivity index (χ2v) is 8.82. The predicted octanol–water partition coefficient (Wildman–Crippen LogP) is 3.01. The Bertz CT molecular complexity index is 363. The lowest BCUT2D eigenvalue weighted by Gasteiger charge is -2.61. The van der Waals surface area contributed by atoms with Gasteiger partial charge in [-0.3, -0.25) is 9.80 Å². The predicted molar refractivity (Wildman–Crippen MR) is 128 cm³/mol. The van der Waals surface area contributed by atoms with E-state index in [9.17, 15) is 15.3 Å². The Morgan fingerprint density at radius 1 is 0.500 bits per heavy atom. The smallest absolute Gasteiger partial charge is 0.0993 e. The van der Waals surface area contributed by atoms with Crippen molar-refractivity contribution in [2.45, 2.75) is 85.7 Å². The molecule has 0 fully saturated rings. The van der Waals surface area contributed by atoms with E-state index in [2.05, 4.69) is 56.2 Å². The van der Waals surface area contributed by atoms with Crippen LogP contribution in [0.3, 0.4) is 0 Å². The lowest BCUT2D eigenvalue weighted by atomic mass is 9.73. The molecule has 0 atom stereocenters. The van der Waals surface area contributed by atoms with Crippen molar-refractivity contribution >= 4 is 0 Å². The molecule has 0 saturated heterocycles. The largest absolute Gasteiger partial charge is 0.395 e. The minimum atomic E-state index is -1.01. The first-order valence-corrected chi connectivity index (χ1v) is 12.5. The van der Waals surface area contributed by atoms with Gasteiger partial charge in [0, 0.05) is 6.54 Å². The topological polar surface area (TPSA) is 70.4 Å². The summed E-state index contributed by atoms with van der Waals surface area (Å²) in [5.74, 6) is 0. The van der Waals surface area contributed by atoms with E-state index in [4.69, 9.17) is 0 Å². The Hall–Kier alpha value is -0.240. The summed E-state index contributed by atoms with van der Waals surface area (Å²) in [4.78, 5) is 7.42. The molecule has 0 rings (SSSR count). The zero-order valence-electron chi connectivity index (χ0n) is 21.0. The summed E-state index contributed by atoms with van der Waals surface area (Å²) in [6.07, 6.45) is 6.09. The fourth-order valence-electron chi connectivity index (χ4n) is 5.03. The number of aliphatic hydroxyl groups excluding tert-OH is 3. The molecule has 0 bridgehead atoms. The molecule has 0 aromatic heterocycles. The van der Waals surface area contributed by atoms with Gasteiger partial charge in [0.05, 0.1) is 30.9 Å². The second-order valence-electron chi connectivity index (χ2n) is 8.82. The Kier molecular flexibility index (Phi) is 16.3. The van der Waals surface area contributed by atoms with Gasteiger partial charge in [-0.05, 0) is 77.8 Å². The van der Waals surface area contributed by atoms with Gasteiger partial charge in [-0.1, -0.05) is 41.5 Å². The Balaban J connectivity index is 6.89. The van der Waals surface area contributed by atoms with Gasteiger partial charge in [-0.25, -0.2) is 0 Å². The zero-order valence-corrected chi connectivity index (χ0v) is 21.0. The van der Waals surface area contributed by atoms with E-state index in [0.29, 0.717) is 0 Å². The van der Waals surface area contributed by atoms with Crippen LogP contribution in [0.4, 0.5) is 0 Å². The van der Waals surface area contributed by atoms with E-state index >= 15 is 0 Å². The molecule has 0 aliphatic carbocycles. The minimum Gasteiger partial charge on any atom is -0.395 e. The zero-order chi connectivity index (χ0) is 23.0. The fraction of sp³-hybridized carbons (Fsp3) is 1.00. The molecule has 6 nitrogen and oxygen atoms in total. The van der Waals surface area contributed by atoms with Crippen LogP contribution in [0.1, 0.15) is 80.1 Å². The molecule has 0 unspecified atom stereocenters. The van der Waals surface area contributed by atoms with E-state index in [1.54, 1.807) is 0 Å². The van der Waals surface area contributed by atoms with Crippen LogP contribution in [-0.4, -0.2) is 101 Å². The van der Waals surface area contributed by atoms with Crippen molar-refractivity contribution in [1.82, 2.24) is 14.7 Å². The van der Waals surface area contributed by atoms with E-state index < -0.39 is 11.1 Å². The molecular weight excluding hydrogens is 378 g/mol. The average molecular weight is 432 g/mol. The molecule has 0 amide bonds. The standard InChI is InChI=1S/C24H53N3O3/c1-7-13-25(14-8-2)19-24(23(20-28,21-29)22-30,26(15-9-3)16-10-4)27(17-11-5)18-12-6/h28-30H,7-22H2,1-6H3. The van der Waals surface area contributed by atoms with Gasteiger partial charge in [-0.15, -0.1) is 0 Å². The minimum absolute atomic E-state index is 0.236. The highest BCUT2D eigenvalue weighted by Crippen LogP contribution is 2.41. The maximum absolute atomic E-state index is 10.7. The summed E-state index contributed by atoms with van der Waals surface area (Å²) in [6, 6.07) is 0. The highest BCUT2D eigenvalue weighted by Gasteiger charge is 2.57. The summed E-state index contributed by atoms with van der Waals surface area (Å²) in [5.41, 5.74) is -1.64. The van der Waals surface area contributed by atoms with Crippen LogP contribution in [0.15, 0.2) is 0 Å². The molecule has 0 aliphatic heterocycles. The van der Waals surface area contributed by atoms with Crippen molar-refractivity contribution in [2.75, 3.05) is 65.6 Å². The summed E-state index contributed by atoms with van der Waals surface area (Å²) < 4.78 is 0. The molecular formula is C24H53N3O3. The third-order valence-electron chi connectivity index (χ3n) is 6.30. The summed E-state index contributed by atoms with van der Waals surface area (Å²) in [6.45, 7) is 18.6. The van der Waals surface area contributed by atoms with Gasteiger partial charge in [0.2, 0.25) is 0 Å². The molecule has 182 valence electrons. The monoisotopic (exact) mass is 431 g/mol. The summed E-state index contributed by atoms with van der Waals surface area (Å²) in [7, 11) is 0. The molecule has 0 aromatic carbocycles. The van der Waals surface area contributed by atoms with Crippen LogP contribution in [0, 0.1) is 5.41 Å². The van der Waals surface area contributed by atoms with E-state index in [0.717, 1.165) is 84.3 Å². The number of aliphatic hydroxyl groups is 3. The van der Waals surface area contributed by atoms with Crippen LogP contribution in [0.2, 0.25) is 0 Å². The van der Waals surface area contributed by atoms with Crippen molar-refractivity contribution < 1.29 is 15.3 Å². The van der Waals surface area contributed by atoms with Gasteiger partial charge in [0.25, 0.3) is 0 Å². The number of hydrogen-bond donors (Lipinski definition) is 3. The van der Waals surface area contributed by atoms with Crippen LogP contribution in [0.5, 0.6) is 0 Å². The fourth-order valence-corrected chi connectivity index (χ4v) is 5.03. The Morgan fingerprint density at radius 3 is 1.03 bits per heavy atom. The molecule has 3 N–H and O–H groups in total. The molecule has 0 aromatic rings. The van der Waals surface area contributed by atoms with Crippen LogP contribution < -0.4 is 0 Å². The molecule has 0 aliphatic rings. The molecule has 0 spiro atoms. The van der Waals surface area contributed by atoms with E-state index in [-0.39, 0.29) is 19.8 Å². The molecule has 6 heteroatoms. The van der Waals surface area contributed by atoms with Crippen LogP contribution in [-0.2, 0) is 0 Å². The maximum atomic E-state index is 10.7. The Morgan fingerprint density at radius 2 is 0.800 bits per heavy atom. The average Bonchev–Trinajstić information content (AvgIpc) is 2.74. The first-order valence-electron chi connectivity index (χ1n) is 12.5. The van der Waals surface area contributed by atoms with E-state index in [1.165, 1.54) is 0 Å². The molecule has 0 heterocycles. The van der Waals surface area contributed by atoms with Gasteiger partial charge in [-0.2, -0.15) is 0 Å². The first-order chi connectivity index (χ1) is 14.5. The third kappa shape index (κ3) is 7.14. The van der Waals surface area contributed by atoms with Gasteiger partial charge in [0.15, 0.2) is 0 Å². The quantitative estimate of drug-likeness (QED) is 0.257. The van der Waals surface area contributed by atoms with Crippen molar-refractivity contribution in [2.24, 2.45) is 5.41 Å². The van der Waals surface area contributed by atoms with Gasteiger partial charge < -0.3 is 20.2 Å². The summed E-state index contributed by atoms with van der Waals surface area (Å²) in [5, 5.41) is 32.0. The Labute approximate surface area is 187 Å². The van der Waals surface area contributed by atoms with Crippen LogP contribution >= 0.6 is 0 Å². The number of rotatable bonds is 20. The van der Waals surface area contributed by atoms with Crippen LogP contribution in [0.25, 0.3) is 0 Å². The molecule has 0 radical (unpaired) electrons. The summed E-state index contributed by atoms with van der Waals surface area (Å²) >= 11 is 0. The van der Waals surface area contributed by atoms with Crippen molar-refractivity contribution in [3.63, 3.8) is 0 Å². The van der Waals surface area contributed by atoms with Crippen molar-refractivity contribution in [3.8, 4) is 0 Å². The first kappa shape index (κ1) is 29.8.